The molecule has 110 valence electrons. The van der Waals surface area contributed by atoms with E-state index in [2.05, 4.69) is 4.98 Å². The maximum absolute atomic E-state index is 12.9. The molecule has 6 heteroatoms. The van der Waals surface area contributed by atoms with E-state index < -0.39 is 17.6 Å². The van der Waals surface area contributed by atoms with Gasteiger partial charge in [-0.2, -0.15) is 13.2 Å². The van der Waals surface area contributed by atoms with E-state index in [4.69, 9.17) is 10.2 Å². The molecule has 0 aliphatic rings. The van der Waals surface area contributed by atoms with Crippen LogP contribution in [0.4, 0.5) is 13.2 Å². The fourth-order valence-electron chi connectivity index (χ4n) is 1.74. The summed E-state index contributed by atoms with van der Waals surface area (Å²) in [7, 11) is 0. The molecule has 0 radical (unpaired) electrons. The molecule has 20 heavy (non-hydrogen) atoms. The summed E-state index contributed by atoms with van der Waals surface area (Å²) in [4.78, 5) is 3.91. The Morgan fingerprint density at radius 1 is 1.10 bits per heavy atom. The van der Waals surface area contributed by atoms with Gasteiger partial charge >= 0.3 is 6.18 Å². The van der Waals surface area contributed by atoms with Gasteiger partial charge in [0.05, 0.1) is 0 Å². The third kappa shape index (κ3) is 2.40. The van der Waals surface area contributed by atoms with Gasteiger partial charge in [0.1, 0.15) is 5.52 Å². The summed E-state index contributed by atoms with van der Waals surface area (Å²) in [6.07, 6.45) is -4.62. The number of alkyl halides is 3. The Bertz CT molecular complexity index is 636. The van der Waals surface area contributed by atoms with E-state index in [9.17, 15) is 13.2 Å². The van der Waals surface area contributed by atoms with Gasteiger partial charge in [0.2, 0.25) is 5.89 Å². The number of rotatable bonds is 1. The van der Waals surface area contributed by atoms with Crippen molar-refractivity contribution in [3.8, 4) is 0 Å². The highest BCUT2D eigenvalue weighted by molar-refractivity contribution is 5.74. The quantitative estimate of drug-likeness (QED) is 0.866. The lowest BCUT2D eigenvalue weighted by Gasteiger charge is -2.23. The minimum atomic E-state index is -4.62. The molecule has 2 rings (SSSR count). The number of fused-ring (bicyclic) bond motifs is 1. The van der Waals surface area contributed by atoms with Gasteiger partial charge in [-0.05, 0) is 30.0 Å². The van der Waals surface area contributed by atoms with Crippen molar-refractivity contribution in [1.29, 1.82) is 0 Å². The highest BCUT2D eigenvalue weighted by Gasteiger charge is 2.53. The van der Waals surface area contributed by atoms with Crippen molar-refractivity contribution in [2.45, 2.75) is 44.8 Å². The van der Waals surface area contributed by atoms with Crippen molar-refractivity contribution < 1.29 is 17.6 Å². The minimum absolute atomic E-state index is 0.122. The molecule has 1 unspecified atom stereocenters. The first-order valence-corrected chi connectivity index (χ1v) is 6.20. The van der Waals surface area contributed by atoms with Crippen molar-refractivity contribution in [2.75, 3.05) is 0 Å². The molecule has 0 amide bonds. The van der Waals surface area contributed by atoms with Crippen LogP contribution >= 0.6 is 0 Å². The first-order valence-electron chi connectivity index (χ1n) is 6.20. The van der Waals surface area contributed by atoms with E-state index in [1.807, 2.05) is 26.8 Å². The zero-order valence-electron chi connectivity index (χ0n) is 11.8. The van der Waals surface area contributed by atoms with Crippen molar-refractivity contribution in [3.63, 3.8) is 0 Å². The van der Waals surface area contributed by atoms with Gasteiger partial charge < -0.3 is 10.2 Å². The van der Waals surface area contributed by atoms with Gasteiger partial charge in [-0.15, -0.1) is 0 Å². The molecule has 1 atom stereocenters. The Kier molecular flexibility index (Phi) is 3.13. The summed E-state index contributed by atoms with van der Waals surface area (Å²) in [6.45, 7) is 6.89. The molecule has 2 N–H and O–H groups in total. The first kappa shape index (κ1) is 14.8. The summed E-state index contributed by atoms with van der Waals surface area (Å²) >= 11 is 0. The molecular formula is C14H17F3N2O. The van der Waals surface area contributed by atoms with Crippen LogP contribution in [0.25, 0.3) is 11.1 Å². The Balaban J connectivity index is 2.55. The van der Waals surface area contributed by atoms with E-state index in [1.165, 1.54) is 0 Å². The SMILES string of the molecule is CC(C)(C)c1ccc2oc(C(C)(N)C(F)(F)F)nc2c1. The molecule has 2 aromatic rings. The molecule has 1 heterocycles. The molecular weight excluding hydrogens is 269 g/mol. The summed E-state index contributed by atoms with van der Waals surface area (Å²) in [5.74, 6) is -0.522. The van der Waals surface area contributed by atoms with Gasteiger partial charge in [0.15, 0.2) is 11.1 Å². The Hall–Kier alpha value is -1.56. The van der Waals surface area contributed by atoms with E-state index in [-0.39, 0.29) is 5.41 Å². The van der Waals surface area contributed by atoms with Gasteiger partial charge in [-0.25, -0.2) is 4.98 Å². The van der Waals surface area contributed by atoms with E-state index in [0.717, 1.165) is 12.5 Å². The lowest BCUT2D eigenvalue weighted by molar-refractivity contribution is -0.189. The molecule has 0 saturated carbocycles. The maximum Gasteiger partial charge on any atom is 0.415 e. The van der Waals surface area contributed by atoms with Gasteiger partial charge in [0, 0.05) is 0 Å². The average Bonchev–Trinajstić information content (AvgIpc) is 2.68. The average molecular weight is 286 g/mol. The minimum Gasteiger partial charge on any atom is -0.438 e. The molecule has 3 nitrogen and oxygen atoms in total. The van der Waals surface area contributed by atoms with E-state index in [1.54, 1.807) is 12.1 Å². The van der Waals surface area contributed by atoms with Crippen LogP contribution in [0.5, 0.6) is 0 Å². The van der Waals surface area contributed by atoms with Gasteiger partial charge in [0.25, 0.3) is 0 Å². The Morgan fingerprint density at radius 3 is 2.20 bits per heavy atom. The third-order valence-electron chi connectivity index (χ3n) is 3.29. The van der Waals surface area contributed by atoms with Crippen LogP contribution in [0, 0.1) is 0 Å². The Morgan fingerprint density at radius 2 is 1.70 bits per heavy atom. The van der Waals surface area contributed by atoms with Crippen LogP contribution in [0.15, 0.2) is 22.6 Å². The zero-order valence-corrected chi connectivity index (χ0v) is 11.8. The predicted octanol–water partition coefficient (Wildman–Crippen LogP) is 3.86. The fourth-order valence-corrected chi connectivity index (χ4v) is 1.74. The third-order valence-corrected chi connectivity index (χ3v) is 3.29. The highest BCUT2D eigenvalue weighted by Crippen LogP contribution is 2.37. The molecule has 0 aliphatic heterocycles. The second-order valence-electron chi connectivity index (χ2n) is 6.15. The predicted molar refractivity (Wildman–Crippen MR) is 70.3 cm³/mol. The smallest absolute Gasteiger partial charge is 0.415 e. The zero-order chi connectivity index (χ0) is 15.3. The highest BCUT2D eigenvalue weighted by atomic mass is 19.4. The summed E-state index contributed by atoms with van der Waals surface area (Å²) in [6, 6.07) is 5.17. The van der Waals surface area contributed by atoms with Gasteiger partial charge in [-0.1, -0.05) is 26.8 Å². The first-order chi connectivity index (χ1) is 8.93. The number of nitrogens with zero attached hydrogens (tertiary/aromatic N) is 1. The summed E-state index contributed by atoms with van der Waals surface area (Å²) in [5, 5.41) is 0. The van der Waals surface area contributed by atoms with Crippen LogP contribution in [0.2, 0.25) is 0 Å². The topological polar surface area (TPSA) is 52.0 Å². The van der Waals surface area contributed by atoms with E-state index >= 15 is 0 Å². The molecule has 1 aromatic heterocycles. The number of hydrogen-bond acceptors (Lipinski definition) is 3. The van der Waals surface area contributed by atoms with Crippen molar-refractivity contribution in [1.82, 2.24) is 4.98 Å². The number of benzene rings is 1. The second kappa shape index (κ2) is 4.22. The van der Waals surface area contributed by atoms with Crippen LogP contribution in [-0.2, 0) is 11.0 Å². The van der Waals surface area contributed by atoms with Gasteiger partial charge in [-0.3, -0.25) is 0 Å². The van der Waals surface area contributed by atoms with Crippen LogP contribution in [0.3, 0.4) is 0 Å². The molecule has 0 fully saturated rings. The number of nitrogens with two attached hydrogens (primary N) is 1. The maximum atomic E-state index is 12.9. The molecule has 0 aliphatic carbocycles. The van der Waals surface area contributed by atoms with E-state index in [0.29, 0.717) is 11.1 Å². The number of halogens is 3. The molecule has 0 bridgehead atoms. The van der Waals surface area contributed by atoms with Crippen molar-refractivity contribution >= 4 is 11.1 Å². The monoisotopic (exact) mass is 286 g/mol. The molecule has 0 spiro atoms. The molecule has 0 saturated heterocycles. The summed E-state index contributed by atoms with van der Waals surface area (Å²) in [5.41, 5.74) is 4.25. The largest absolute Gasteiger partial charge is 0.438 e. The lowest BCUT2D eigenvalue weighted by atomic mass is 9.87. The Labute approximate surface area is 115 Å². The van der Waals surface area contributed by atoms with Crippen LogP contribution < -0.4 is 5.73 Å². The number of aromatic nitrogens is 1. The second-order valence-corrected chi connectivity index (χ2v) is 6.15. The fraction of sp³-hybridized carbons (Fsp3) is 0.500. The molecule has 1 aromatic carbocycles. The lowest BCUT2D eigenvalue weighted by Crippen LogP contribution is -2.47. The van der Waals surface area contributed by atoms with Crippen molar-refractivity contribution in [2.24, 2.45) is 5.73 Å². The van der Waals surface area contributed by atoms with Crippen LogP contribution in [0.1, 0.15) is 39.1 Å². The number of hydrogen-bond donors (Lipinski definition) is 1. The summed E-state index contributed by atoms with van der Waals surface area (Å²) < 4.78 is 43.8. The standard InChI is InChI=1S/C14H17F3N2O/c1-12(2,3)8-5-6-10-9(7-8)19-11(20-10)13(4,18)14(15,16)17/h5-7H,18H2,1-4H3. The van der Waals surface area contributed by atoms with Crippen LogP contribution in [-0.4, -0.2) is 11.2 Å². The van der Waals surface area contributed by atoms with Crippen molar-refractivity contribution in [3.05, 3.63) is 29.7 Å². The normalized spacial score (nSPS) is 16.4. The number of oxazole rings is 1.